The molecular formula is C18H21NO4. The number of hydrogen-bond acceptors (Lipinski definition) is 4. The normalized spacial score (nSPS) is 11.0. The number of phenols is 1. The van der Waals surface area contributed by atoms with Crippen molar-refractivity contribution in [2.24, 2.45) is 0 Å². The summed E-state index contributed by atoms with van der Waals surface area (Å²) < 4.78 is 10.3. The molecule has 0 saturated carbocycles. The lowest BCUT2D eigenvalue weighted by molar-refractivity contribution is 0.0636. The maximum atomic E-state index is 11.7. The lowest BCUT2D eigenvalue weighted by Crippen LogP contribution is -2.27. The summed E-state index contributed by atoms with van der Waals surface area (Å²) in [5, 5.41) is 12.4. The predicted octanol–water partition coefficient (Wildman–Crippen LogP) is 4.41. The summed E-state index contributed by atoms with van der Waals surface area (Å²) in [5.41, 5.74) is 1.82. The second kappa shape index (κ2) is 6.60. The Bertz CT molecular complexity index is 687. The van der Waals surface area contributed by atoms with Gasteiger partial charge in [-0.25, -0.2) is 4.79 Å². The van der Waals surface area contributed by atoms with Gasteiger partial charge in [0.15, 0.2) is 0 Å². The minimum absolute atomic E-state index is 0.135. The van der Waals surface area contributed by atoms with E-state index in [4.69, 9.17) is 9.47 Å². The monoisotopic (exact) mass is 315 g/mol. The third-order valence-corrected chi connectivity index (χ3v) is 2.99. The molecule has 0 spiro atoms. The standard InChI is InChI=1S/C18H21NO4/c1-18(2,3)23-17(21)19-14-7-5-12(6-8-14)13-9-15(20)11-16(10-13)22-4/h5-11,20H,1-4H3,(H,19,21). The Morgan fingerprint density at radius 2 is 1.70 bits per heavy atom. The van der Waals surface area contributed by atoms with Gasteiger partial charge in [0.2, 0.25) is 0 Å². The summed E-state index contributed by atoms with van der Waals surface area (Å²) in [4.78, 5) is 11.7. The quantitative estimate of drug-likeness (QED) is 0.880. The van der Waals surface area contributed by atoms with Crippen LogP contribution in [0.15, 0.2) is 42.5 Å². The molecule has 0 aliphatic rings. The molecule has 2 aromatic rings. The molecule has 0 bridgehead atoms. The van der Waals surface area contributed by atoms with Crippen LogP contribution in [-0.2, 0) is 4.74 Å². The number of benzene rings is 2. The number of ether oxygens (including phenoxy) is 2. The summed E-state index contributed by atoms with van der Waals surface area (Å²) in [6, 6.07) is 12.3. The van der Waals surface area contributed by atoms with Gasteiger partial charge >= 0.3 is 6.09 Å². The van der Waals surface area contributed by atoms with E-state index in [1.165, 1.54) is 0 Å². The second-order valence-corrected chi connectivity index (χ2v) is 6.12. The molecule has 0 radical (unpaired) electrons. The molecule has 23 heavy (non-hydrogen) atoms. The molecule has 5 nitrogen and oxygen atoms in total. The number of amides is 1. The van der Waals surface area contributed by atoms with Gasteiger partial charge in [-0.05, 0) is 56.2 Å². The molecule has 0 atom stereocenters. The summed E-state index contributed by atoms with van der Waals surface area (Å²) in [6.45, 7) is 5.43. The van der Waals surface area contributed by atoms with E-state index < -0.39 is 11.7 Å². The minimum atomic E-state index is -0.540. The van der Waals surface area contributed by atoms with E-state index in [-0.39, 0.29) is 5.75 Å². The molecule has 0 aromatic heterocycles. The van der Waals surface area contributed by atoms with Gasteiger partial charge in [-0.3, -0.25) is 5.32 Å². The predicted molar refractivity (Wildman–Crippen MR) is 90.0 cm³/mol. The fraction of sp³-hybridized carbons (Fsp3) is 0.278. The van der Waals surface area contributed by atoms with Crippen LogP contribution in [0, 0.1) is 0 Å². The van der Waals surface area contributed by atoms with E-state index in [2.05, 4.69) is 5.32 Å². The first kappa shape index (κ1) is 16.7. The molecule has 0 heterocycles. The minimum Gasteiger partial charge on any atom is -0.508 e. The Hall–Kier alpha value is -2.69. The van der Waals surface area contributed by atoms with E-state index in [0.29, 0.717) is 11.4 Å². The fourth-order valence-electron chi connectivity index (χ4n) is 2.04. The van der Waals surface area contributed by atoms with E-state index in [9.17, 15) is 9.90 Å². The smallest absolute Gasteiger partial charge is 0.412 e. The van der Waals surface area contributed by atoms with Crippen molar-refractivity contribution in [3.63, 3.8) is 0 Å². The lowest BCUT2D eigenvalue weighted by Gasteiger charge is -2.19. The molecule has 5 heteroatoms. The van der Waals surface area contributed by atoms with Gasteiger partial charge in [-0.15, -0.1) is 0 Å². The van der Waals surface area contributed by atoms with Gasteiger partial charge in [-0.1, -0.05) is 12.1 Å². The number of rotatable bonds is 3. The van der Waals surface area contributed by atoms with Gasteiger partial charge in [0, 0.05) is 11.8 Å². The molecule has 0 saturated heterocycles. The summed E-state index contributed by atoms with van der Waals surface area (Å²) in [6.07, 6.45) is -0.496. The average molecular weight is 315 g/mol. The summed E-state index contributed by atoms with van der Waals surface area (Å²) in [7, 11) is 1.55. The number of phenolic OH excluding ortho intramolecular Hbond substituents is 1. The first-order valence-corrected chi connectivity index (χ1v) is 7.25. The summed E-state index contributed by atoms with van der Waals surface area (Å²) in [5.74, 6) is 0.714. The van der Waals surface area contributed by atoms with Gasteiger partial charge in [0.1, 0.15) is 17.1 Å². The maximum Gasteiger partial charge on any atom is 0.412 e. The van der Waals surface area contributed by atoms with Crippen molar-refractivity contribution >= 4 is 11.8 Å². The lowest BCUT2D eigenvalue weighted by atomic mass is 10.0. The SMILES string of the molecule is COc1cc(O)cc(-c2ccc(NC(=O)OC(C)(C)C)cc2)c1. The zero-order valence-electron chi connectivity index (χ0n) is 13.7. The van der Waals surface area contributed by atoms with Crippen LogP contribution in [0.5, 0.6) is 11.5 Å². The van der Waals surface area contributed by atoms with Crippen LogP contribution in [0.1, 0.15) is 20.8 Å². The first-order valence-electron chi connectivity index (χ1n) is 7.25. The van der Waals surface area contributed by atoms with Gasteiger partial charge in [0.05, 0.1) is 7.11 Å². The van der Waals surface area contributed by atoms with E-state index in [1.54, 1.807) is 31.4 Å². The highest BCUT2D eigenvalue weighted by molar-refractivity contribution is 5.85. The third-order valence-electron chi connectivity index (χ3n) is 2.99. The Morgan fingerprint density at radius 3 is 2.26 bits per heavy atom. The zero-order valence-corrected chi connectivity index (χ0v) is 13.7. The summed E-state index contributed by atoms with van der Waals surface area (Å²) >= 11 is 0. The number of methoxy groups -OCH3 is 1. The highest BCUT2D eigenvalue weighted by Crippen LogP contribution is 2.29. The second-order valence-electron chi connectivity index (χ2n) is 6.12. The van der Waals surface area contributed by atoms with Crippen molar-refractivity contribution in [2.75, 3.05) is 12.4 Å². The molecule has 122 valence electrons. The topological polar surface area (TPSA) is 67.8 Å². The van der Waals surface area contributed by atoms with Crippen LogP contribution >= 0.6 is 0 Å². The average Bonchev–Trinajstić information content (AvgIpc) is 2.45. The van der Waals surface area contributed by atoms with Crippen molar-refractivity contribution in [1.82, 2.24) is 0 Å². The van der Waals surface area contributed by atoms with E-state index >= 15 is 0 Å². The van der Waals surface area contributed by atoms with Crippen LogP contribution in [0.25, 0.3) is 11.1 Å². The van der Waals surface area contributed by atoms with E-state index in [1.807, 2.05) is 39.0 Å². The van der Waals surface area contributed by atoms with Crippen LogP contribution in [-0.4, -0.2) is 23.9 Å². The Kier molecular flexibility index (Phi) is 4.79. The molecule has 0 unspecified atom stereocenters. The van der Waals surface area contributed by atoms with Gasteiger partial charge in [-0.2, -0.15) is 0 Å². The molecular weight excluding hydrogens is 294 g/mol. The molecule has 0 fully saturated rings. The molecule has 1 amide bonds. The Balaban J connectivity index is 2.13. The van der Waals surface area contributed by atoms with Crippen molar-refractivity contribution in [3.05, 3.63) is 42.5 Å². The number of nitrogens with one attached hydrogen (secondary N) is 1. The Labute approximate surface area is 135 Å². The van der Waals surface area contributed by atoms with Crippen molar-refractivity contribution in [2.45, 2.75) is 26.4 Å². The van der Waals surface area contributed by atoms with Crippen molar-refractivity contribution < 1.29 is 19.4 Å². The van der Waals surface area contributed by atoms with Gasteiger partial charge in [0.25, 0.3) is 0 Å². The molecule has 2 N–H and O–H groups in total. The number of hydrogen-bond donors (Lipinski definition) is 2. The first-order chi connectivity index (χ1) is 10.8. The number of anilines is 1. The number of aromatic hydroxyl groups is 1. The molecule has 2 rings (SSSR count). The zero-order chi connectivity index (χ0) is 17.0. The molecule has 0 aliphatic carbocycles. The van der Waals surface area contributed by atoms with Crippen LogP contribution in [0.3, 0.4) is 0 Å². The van der Waals surface area contributed by atoms with Crippen LogP contribution in [0.4, 0.5) is 10.5 Å². The highest BCUT2D eigenvalue weighted by Gasteiger charge is 2.16. The number of carbonyl (C=O) groups is 1. The maximum absolute atomic E-state index is 11.7. The van der Waals surface area contributed by atoms with Crippen LogP contribution < -0.4 is 10.1 Å². The molecule has 2 aromatic carbocycles. The fourth-order valence-corrected chi connectivity index (χ4v) is 2.04. The van der Waals surface area contributed by atoms with Gasteiger partial charge < -0.3 is 14.6 Å². The largest absolute Gasteiger partial charge is 0.508 e. The Morgan fingerprint density at radius 1 is 1.04 bits per heavy atom. The van der Waals surface area contributed by atoms with Crippen molar-refractivity contribution in [1.29, 1.82) is 0 Å². The van der Waals surface area contributed by atoms with E-state index in [0.717, 1.165) is 11.1 Å². The third kappa shape index (κ3) is 4.92. The molecule has 0 aliphatic heterocycles. The highest BCUT2D eigenvalue weighted by atomic mass is 16.6. The van der Waals surface area contributed by atoms with Crippen LogP contribution in [0.2, 0.25) is 0 Å². The number of carbonyl (C=O) groups excluding carboxylic acids is 1. The van der Waals surface area contributed by atoms with Crippen molar-refractivity contribution in [3.8, 4) is 22.6 Å².